The molecule has 0 bridgehead atoms. The van der Waals surface area contributed by atoms with Crippen LogP contribution in [0.3, 0.4) is 0 Å². The number of hydrogen-bond acceptors (Lipinski definition) is 3. The Morgan fingerprint density at radius 1 is 1.27 bits per heavy atom. The fraction of sp³-hybridized carbons (Fsp3) is 0.526. The maximum Gasteiger partial charge on any atom is 0.191 e. The average molecular weight is 470 g/mol. The van der Waals surface area contributed by atoms with E-state index in [1.54, 1.807) is 12.5 Å². The van der Waals surface area contributed by atoms with E-state index in [4.69, 9.17) is 0 Å². The Balaban J connectivity index is 0.00000338. The number of guanidine groups is 1. The number of rotatable bonds is 9. The van der Waals surface area contributed by atoms with Crippen LogP contribution in [-0.2, 0) is 6.54 Å². The van der Waals surface area contributed by atoms with Crippen LogP contribution in [0.25, 0.3) is 5.82 Å². The first kappa shape index (κ1) is 22.4. The second kappa shape index (κ2) is 12.7. The topological polar surface area (TPSA) is 67.1 Å². The first-order chi connectivity index (χ1) is 12.3. The smallest absolute Gasteiger partial charge is 0.191 e. The summed E-state index contributed by atoms with van der Waals surface area (Å²) in [6, 6.07) is 4.06. The van der Waals surface area contributed by atoms with Crippen molar-refractivity contribution in [2.75, 3.05) is 13.6 Å². The zero-order valence-corrected chi connectivity index (χ0v) is 18.3. The molecule has 0 amide bonds. The third-order valence-electron chi connectivity index (χ3n) is 4.36. The lowest BCUT2D eigenvalue weighted by molar-refractivity contribution is 0.443. The van der Waals surface area contributed by atoms with Crippen LogP contribution in [0, 0.1) is 5.92 Å². The number of pyridine rings is 1. The van der Waals surface area contributed by atoms with Gasteiger partial charge in [0.1, 0.15) is 12.1 Å². The first-order valence-electron chi connectivity index (χ1n) is 9.14. The summed E-state index contributed by atoms with van der Waals surface area (Å²) >= 11 is 0. The minimum absolute atomic E-state index is 0. The summed E-state index contributed by atoms with van der Waals surface area (Å²) in [5.41, 5.74) is 1.15. The van der Waals surface area contributed by atoms with Gasteiger partial charge in [0, 0.05) is 38.7 Å². The molecule has 0 saturated carbocycles. The number of imidazole rings is 1. The lowest BCUT2D eigenvalue weighted by Gasteiger charge is -2.18. The Bertz CT molecular complexity index is 641. The van der Waals surface area contributed by atoms with Crippen LogP contribution in [0.15, 0.2) is 42.0 Å². The van der Waals surface area contributed by atoms with Crippen LogP contribution in [0.1, 0.15) is 45.1 Å². The molecule has 2 heterocycles. The fourth-order valence-corrected chi connectivity index (χ4v) is 2.70. The Hall–Kier alpha value is -1.64. The number of nitrogens with one attached hydrogen (secondary N) is 2. The molecular formula is C19H31IN6. The molecule has 2 aromatic rings. The van der Waals surface area contributed by atoms with Crippen LogP contribution in [0.5, 0.6) is 0 Å². The average Bonchev–Trinajstić information content (AvgIpc) is 3.19. The first-order valence-corrected chi connectivity index (χ1v) is 9.14. The number of hydrogen-bond donors (Lipinski definition) is 2. The van der Waals surface area contributed by atoms with Gasteiger partial charge >= 0.3 is 0 Å². The minimum Gasteiger partial charge on any atom is -0.356 e. The van der Waals surface area contributed by atoms with E-state index in [1.807, 2.05) is 30.1 Å². The normalized spacial score (nSPS) is 12.3. The summed E-state index contributed by atoms with van der Waals surface area (Å²) in [6.45, 7) is 6.17. The summed E-state index contributed by atoms with van der Waals surface area (Å²) in [5, 5.41) is 6.83. The minimum atomic E-state index is 0. The second-order valence-corrected chi connectivity index (χ2v) is 6.22. The highest BCUT2D eigenvalue weighted by atomic mass is 127. The highest BCUT2D eigenvalue weighted by molar-refractivity contribution is 14.0. The number of halogens is 1. The van der Waals surface area contributed by atoms with Gasteiger partial charge in [-0.15, -0.1) is 24.0 Å². The van der Waals surface area contributed by atoms with Crippen molar-refractivity contribution in [2.45, 2.75) is 46.1 Å². The van der Waals surface area contributed by atoms with E-state index in [2.05, 4.69) is 45.5 Å². The zero-order valence-electron chi connectivity index (χ0n) is 16.0. The van der Waals surface area contributed by atoms with Crippen LogP contribution < -0.4 is 10.6 Å². The molecule has 0 aliphatic heterocycles. The largest absolute Gasteiger partial charge is 0.356 e. The van der Waals surface area contributed by atoms with Gasteiger partial charge in [-0.05, 0) is 30.0 Å². The predicted molar refractivity (Wildman–Crippen MR) is 118 cm³/mol. The monoisotopic (exact) mass is 470 g/mol. The molecule has 2 N–H and O–H groups in total. The van der Waals surface area contributed by atoms with E-state index in [0.29, 0.717) is 12.5 Å². The molecule has 6 nitrogen and oxygen atoms in total. The quantitative estimate of drug-likeness (QED) is 0.333. The van der Waals surface area contributed by atoms with Gasteiger partial charge in [0.05, 0.1) is 0 Å². The molecule has 2 rings (SSSR count). The Morgan fingerprint density at radius 2 is 2.12 bits per heavy atom. The van der Waals surface area contributed by atoms with Crippen molar-refractivity contribution in [1.29, 1.82) is 0 Å². The van der Waals surface area contributed by atoms with Gasteiger partial charge in [-0.1, -0.05) is 33.1 Å². The summed E-state index contributed by atoms with van der Waals surface area (Å²) in [5.74, 6) is 2.41. The molecule has 0 aliphatic rings. The van der Waals surface area contributed by atoms with Gasteiger partial charge in [0.15, 0.2) is 5.96 Å². The van der Waals surface area contributed by atoms with Gasteiger partial charge < -0.3 is 10.6 Å². The van der Waals surface area contributed by atoms with Crippen LogP contribution >= 0.6 is 24.0 Å². The van der Waals surface area contributed by atoms with Gasteiger partial charge in [-0.25, -0.2) is 9.97 Å². The Labute approximate surface area is 174 Å². The van der Waals surface area contributed by atoms with Gasteiger partial charge in [-0.2, -0.15) is 0 Å². The molecule has 0 aliphatic carbocycles. The van der Waals surface area contributed by atoms with E-state index in [1.165, 1.54) is 25.7 Å². The predicted octanol–water partition coefficient (Wildman–Crippen LogP) is 3.77. The van der Waals surface area contributed by atoms with Crippen molar-refractivity contribution in [3.05, 3.63) is 42.6 Å². The molecule has 0 radical (unpaired) electrons. The second-order valence-electron chi connectivity index (χ2n) is 6.22. The maximum absolute atomic E-state index is 4.38. The molecule has 1 atom stereocenters. The molecule has 0 spiro atoms. The molecule has 2 aromatic heterocycles. The zero-order chi connectivity index (χ0) is 17.9. The summed E-state index contributed by atoms with van der Waals surface area (Å²) < 4.78 is 1.90. The van der Waals surface area contributed by atoms with Crippen molar-refractivity contribution in [1.82, 2.24) is 25.2 Å². The van der Waals surface area contributed by atoms with Crippen molar-refractivity contribution < 1.29 is 0 Å². The third kappa shape index (κ3) is 7.31. The van der Waals surface area contributed by atoms with E-state index in [-0.39, 0.29) is 24.0 Å². The lowest BCUT2D eigenvalue weighted by atomic mass is 9.99. The Kier molecular flexibility index (Phi) is 10.9. The van der Waals surface area contributed by atoms with Crippen LogP contribution in [0.4, 0.5) is 0 Å². The van der Waals surface area contributed by atoms with Crippen molar-refractivity contribution in [3.63, 3.8) is 0 Å². The van der Waals surface area contributed by atoms with E-state index in [9.17, 15) is 0 Å². The van der Waals surface area contributed by atoms with Crippen molar-refractivity contribution in [2.24, 2.45) is 10.9 Å². The highest BCUT2D eigenvalue weighted by Crippen LogP contribution is 2.11. The summed E-state index contributed by atoms with van der Waals surface area (Å²) in [7, 11) is 1.81. The van der Waals surface area contributed by atoms with Crippen LogP contribution in [-0.4, -0.2) is 34.1 Å². The number of nitrogens with zero attached hydrogens (tertiary/aromatic N) is 4. The summed E-state index contributed by atoms with van der Waals surface area (Å²) in [4.78, 5) is 12.8. The van der Waals surface area contributed by atoms with Crippen molar-refractivity contribution in [3.8, 4) is 5.82 Å². The SMILES string of the molecule is CCCCC(CC)CNC(=NC)NCc1ccnc(-n2ccnc2)c1.I. The Morgan fingerprint density at radius 3 is 2.77 bits per heavy atom. The molecule has 0 fully saturated rings. The van der Waals surface area contributed by atoms with Gasteiger partial charge in [0.2, 0.25) is 0 Å². The molecule has 0 saturated heterocycles. The van der Waals surface area contributed by atoms with Crippen LogP contribution in [0.2, 0.25) is 0 Å². The van der Waals surface area contributed by atoms with Gasteiger partial charge in [0.25, 0.3) is 0 Å². The van der Waals surface area contributed by atoms with E-state index >= 15 is 0 Å². The summed E-state index contributed by atoms with van der Waals surface area (Å²) in [6.07, 6.45) is 12.2. The standard InChI is InChI=1S/C19H30N6.HI/c1-4-6-7-16(5-2)13-23-19(20-3)24-14-17-8-9-22-18(12-17)25-11-10-21-15-25;/h8-12,15-16H,4-7,13-14H2,1-3H3,(H2,20,23,24);1H. The molecule has 26 heavy (non-hydrogen) atoms. The molecular weight excluding hydrogens is 439 g/mol. The van der Waals surface area contributed by atoms with E-state index in [0.717, 1.165) is 23.9 Å². The maximum atomic E-state index is 4.38. The number of aromatic nitrogens is 3. The van der Waals surface area contributed by atoms with Crippen molar-refractivity contribution >= 4 is 29.9 Å². The van der Waals surface area contributed by atoms with E-state index < -0.39 is 0 Å². The fourth-order valence-electron chi connectivity index (χ4n) is 2.70. The highest BCUT2D eigenvalue weighted by Gasteiger charge is 2.07. The number of aliphatic imine (C=N–C) groups is 1. The third-order valence-corrected chi connectivity index (χ3v) is 4.36. The lowest BCUT2D eigenvalue weighted by Crippen LogP contribution is -2.39. The number of unbranched alkanes of at least 4 members (excludes halogenated alkanes) is 1. The molecule has 144 valence electrons. The molecule has 1 unspecified atom stereocenters. The van der Waals surface area contributed by atoms with Gasteiger partial charge in [-0.3, -0.25) is 9.56 Å². The molecule has 0 aromatic carbocycles. The molecule has 7 heteroatoms.